The van der Waals surface area contributed by atoms with Crippen molar-refractivity contribution < 1.29 is 14.4 Å². The lowest BCUT2D eigenvalue weighted by molar-refractivity contribution is -0.132. The zero-order valence-corrected chi connectivity index (χ0v) is 18.4. The van der Waals surface area contributed by atoms with E-state index in [-0.39, 0.29) is 6.54 Å². The summed E-state index contributed by atoms with van der Waals surface area (Å²) in [5.74, 6) is -0.810. The van der Waals surface area contributed by atoms with Gasteiger partial charge in [0.15, 0.2) is 0 Å². The minimum atomic E-state index is -0.710. The van der Waals surface area contributed by atoms with Crippen LogP contribution in [0.3, 0.4) is 0 Å². The molecule has 3 aromatic carbocycles. The van der Waals surface area contributed by atoms with Gasteiger partial charge in [0.2, 0.25) is 5.91 Å². The number of hydrogen-bond donors (Lipinski definition) is 3. The Morgan fingerprint density at radius 1 is 0.882 bits per heavy atom. The fourth-order valence-electron chi connectivity index (χ4n) is 4.39. The lowest BCUT2D eigenvalue weighted by atomic mass is 9.99. The predicted molar refractivity (Wildman–Crippen MR) is 129 cm³/mol. The topological polar surface area (TPSA) is 94.3 Å². The Balaban J connectivity index is 1.29. The third kappa shape index (κ3) is 4.28. The number of imide groups is 1. The molecule has 0 spiro atoms. The van der Waals surface area contributed by atoms with E-state index in [9.17, 15) is 14.4 Å². The zero-order chi connectivity index (χ0) is 23.5. The minimum absolute atomic E-state index is 0.342. The molecular formula is C27H24N4O3. The van der Waals surface area contributed by atoms with Crippen molar-refractivity contribution in [1.82, 2.24) is 20.5 Å². The highest BCUT2D eigenvalue weighted by molar-refractivity contribution is 6.06. The molecule has 1 atom stereocenters. The molecular weight excluding hydrogens is 428 g/mol. The predicted octanol–water partition coefficient (Wildman–Crippen LogP) is 3.54. The Morgan fingerprint density at radius 3 is 2.18 bits per heavy atom. The summed E-state index contributed by atoms with van der Waals surface area (Å²) in [5, 5.41) is 6.72. The van der Waals surface area contributed by atoms with Crippen molar-refractivity contribution in [2.45, 2.75) is 18.5 Å². The van der Waals surface area contributed by atoms with Crippen LogP contribution in [0, 0.1) is 0 Å². The normalized spacial score (nSPS) is 15.7. The first-order chi connectivity index (χ1) is 16.6. The highest BCUT2D eigenvalue weighted by Crippen LogP contribution is 2.23. The standard InChI is InChI=1S/C27H24N4O3/c32-24(30-25(18-9-3-1-4-10-18)19-11-5-2-6-12-19)17-31-26(33)23(29-27(31)34)15-20-16-28-22-14-8-7-13-21(20)22/h1-14,16,23,25,28H,15,17H2,(H,29,34)(H,30,32)/t23-/m1/s1. The second-order valence-electron chi connectivity index (χ2n) is 8.31. The first kappa shape index (κ1) is 21.5. The van der Waals surface area contributed by atoms with Crippen molar-refractivity contribution in [3.8, 4) is 0 Å². The molecule has 5 rings (SSSR count). The van der Waals surface area contributed by atoms with Crippen LogP contribution in [0.5, 0.6) is 0 Å². The molecule has 4 amide bonds. The third-order valence-corrected chi connectivity index (χ3v) is 6.08. The Bertz CT molecular complexity index is 1290. The second kappa shape index (κ2) is 9.23. The van der Waals surface area contributed by atoms with E-state index in [1.807, 2.05) is 91.1 Å². The molecule has 0 aliphatic carbocycles. The van der Waals surface area contributed by atoms with E-state index in [2.05, 4.69) is 15.6 Å². The monoisotopic (exact) mass is 452 g/mol. The van der Waals surface area contributed by atoms with Gasteiger partial charge in [0.05, 0.1) is 6.04 Å². The summed E-state index contributed by atoms with van der Waals surface area (Å²) in [5.41, 5.74) is 3.74. The Labute approximate surface area is 196 Å². The van der Waals surface area contributed by atoms with Gasteiger partial charge in [-0.2, -0.15) is 0 Å². The van der Waals surface area contributed by atoms with Crippen LogP contribution >= 0.6 is 0 Å². The van der Waals surface area contributed by atoms with Gasteiger partial charge in [-0.1, -0.05) is 78.9 Å². The molecule has 2 heterocycles. The SMILES string of the molecule is O=C(CN1C(=O)N[C@H](Cc2c[nH]c3ccccc23)C1=O)NC(c1ccccc1)c1ccccc1. The summed E-state index contributed by atoms with van der Waals surface area (Å²) in [6.07, 6.45) is 2.20. The number of amides is 4. The average Bonchev–Trinajstić information content (AvgIpc) is 3.39. The van der Waals surface area contributed by atoms with E-state index < -0.39 is 29.9 Å². The van der Waals surface area contributed by atoms with Crippen LogP contribution in [0.1, 0.15) is 22.7 Å². The highest BCUT2D eigenvalue weighted by Gasteiger charge is 2.39. The largest absolute Gasteiger partial charge is 0.361 e. The van der Waals surface area contributed by atoms with Crippen LogP contribution < -0.4 is 10.6 Å². The fourth-order valence-corrected chi connectivity index (χ4v) is 4.39. The van der Waals surface area contributed by atoms with Gasteiger partial charge in [-0.3, -0.25) is 14.5 Å². The third-order valence-electron chi connectivity index (χ3n) is 6.08. The Hall–Kier alpha value is -4.39. The van der Waals surface area contributed by atoms with E-state index in [0.29, 0.717) is 6.42 Å². The second-order valence-corrected chi connectivity index (χ2v) is 8.31. The van der Waals surface area contributed by atoms with Crippen molar-refractivity contribution in [3.63, 3.8) is 0 Å². The molecule has 0 radical (unpaired) electrons. The van der Waals surface area contributed by atoms with Crippen molar-refractivity contribution in [1.29, 1.82) is 0 Å². The average molecular weight is 453 g/mol. The van der Waals surface area contributed by atoms with E-state index >= 15 is 0 Å². The van der Waals surface area contributed by atoms with Crippen molar-refractivity contribution in [2.24, 2.45) is 0 Å². The van der Waals surface area contributed by atoms with Crippen LogP contribution in [0.4, 0.5) is 4.79 Å². The van der Waals surface area contributed by atoms with Gasteiger partial charge in [0.1, 0.15) is 12.6 Å². The maximum atomic E-state index is 13.0. The molecule has 0 saturated carbocycles. The van der Waals surface area contributed by atoms with E-state index in [1.165, 1.54) is 0 Å². The molecule has 7 heteroatoms. The van der Waals surface area contributed by atoms with Crippen LogP contribution in [0.2, 0.25) is 0 Å². The van der Waals surface area contributed by atoms with E-state index in [4.69, 9.17) is 0 Å². The molecule has 4 aromatic rings. The molecule has 1 saturated heterocycles. The molecule has 3 N–H and O–H groups in total. The van der Waals surface area contributed by atoms with Crippen molar-refractivity contribution in [3.05, 3.63) is 108 Å². The van der Waals surface area contributed by atoms with E-state index in [1.54, 1.807) is 0 Å². The molecule has 170 valence electrons. The summed E-state index contributed by atoms with van der Waals surface area (Å²) in [6, 6.07) is 25.3. The minimum Gasteiger partial charge on any atom is -0.361 e. The lowest BCUT2D eigenvalue weighted by Crippen LogP contribution is -2.42. The Morgan fingerprint density at radius 2 is 1.50 bits per heavy atom. The number of benzene rings is 3. The quantitative estimate of drug-likeness (QED) is 0.375. The van der Waals surface area contributed by atoms with Gasteiger partial charge in [-0.25, -0.2) is 4.79 Å². The van der Waals surface area contributed by atoms with Gasteiger partial charge < -0.3 is 15.6 Å². The van der Waals surface area contributed by atoms with Gasteiger partial charge >= 0.3 is 6.03 Å². The molecule has 1 aliphatic rings. The number of rotatable bonds is 7. The number of para-hydroxylation sites is 1. The van der Waals surface area contributed by atoms with Crippen molar-refractivity contribution in [2.75, 3.05) is 6.54 Å². The number of nitrogens with zero attached hydrogens (tertiary/aromatic N) is 1. The molecule has 1 fully saturated rings. The fraction of sp³-hybridized carbons (Fsp3) is 0.148. The molecule has 0 bridgehead atoms. The van der Waals surface area contributed by atoms with Gasteiger partial charge in [0.25, 0.3) is 5.91 Å². The van der Waals surface area contributed by atoms with Gasteiger partial charge in [-0.05, 0) is 22.8 Å². The molecule has 1 aliphatic heterocycles. The number of nitrogens with one attached hydrogen (secondary N) is 3. The number of H-pyrrole nitrogens is 1. The summed E-state index contributed by atoms with van der Waals surface area (Å²) in [7, 11) is 0. The maximum absolute atomic E-state index is 13.0. The van der Waals surface area contributed by atoms with Gasteiger partial charge in [-0.15, -0.1) is 0 Å². The highest BCUT2D eigenvalue weighted by atomic mass is 16.2. The smallest absolute Gasteiger partial charge is 0.325 e. The summed E-state index contributed by atoms with van der Waals surface area (Å²) >= 11 is 0. The zero-order valence-electron chi connectivity index (χ0n) is 18.4. The summed E-state index contributed by atoms with van der Waals surface area (Å²) in [6.45, 7) is -0.342. The van der Waals surface area contributed by atoms with E-state index in [0.717, 1.165) is 32.5 Å². The molecule has 0 unspecified atom stereocenters. The molecule has 34 heavy (non-hydrogen) atoms. The van der Waals surface area contributed by atoms with Crippen molar-refractivity contribution >= 4 is 28.7 Å². The Kier molecular flexibility index (Phi) is 5.82. The number of carbonyl (C=O) groups is 3. The maximum Gasteiger partial charge on any atom is 0.325 e. The summed E-state index contributed by atoms with van der Waals surface area (Å²) in [4.78, 5) is 42.7. The number of aromatic nitrogens is 1. The molecule has 7 nitrogen and oxygen atoms in total. The number of fused-ring (bicyclic) bond motifs is 1. The number of hydrogen-bond acceptors (Lipinski definition) is 3. The van der Waals surface area contributed by atoms with Crippen LogP contribution in [0.25, 0.3) is 10.9 Å². The summed E-state index contributed by atoms with van der Waals surface area (Å²) < 4.78 is 0. The first-order valence-electron chi connectivity index (χ1n) is 11.2. The van der Waals surface area contributed by atoms with Crippen LogP contribution in [-0.4, -0.2) is 40.3 Å². The van der Waals surface area contributed by atoms with Gasteiger partial charge in [0, 0.05) is 23.5 Å². The molecule has 1 aromatic heterocycles. The number of carbonyl (C=O) groups excluding carboxylic acids is 3. The van der Waals surface area contributed by atoms with Crippen LogP contribution in [0.15, 0.2) is 91.1 Å². The lowest BCUT2D eigenvalue weighted by Gasteiger charge is -2.21. The number of urea groups is 1. The first-order valence-corrected chi connectivity index (χ1v) is 11.2. The number of aromatic amines is 1. The van der Waals surface area contributed by atoms with Crippen LogP contribution in [-0.2, 0) is 16.0 Å².